The van der Waals surface area contributed by atoms with Crippen molar-refractivity contribution in [3.63, 3.8) is 0 Å². The highest BCUT2D eigenvalue weighted by Gasteiger charge is 2.15. The average molecular weight is 413 g/mol. The smallest absolute Gasteiger partial charge is 0.329 e. The Morgan fingerprint density at radius 2 is 1.16 bits per heavy atom. The van der Waals surface area contributed by atoms with Crippen molar-refractivity contribution in [3.8, 4) is 0 Å². The molecule has 0 aliphatic rings. The predicted molar refractivity (Wildman–Crippen MR) is 120 cm³/mol. The van der Waals surface area contributed by atoms with Gasteiger partial charge in [0.05, 0.1) is 42.6 Å². The Balaban J connectivity index is 0.00000231. The van der Waals surface area contributed by atoms with Gasteiger partial charge in [0.1, 0.15) is 0 Å². The molecule has 7 nitrogen and oxygen atoms in total. The van der Waals surface area contributed by atoms with Crippen LogP contribution >= 0.6 is 0 Å². The van der Waals surface area contributed by atoms with E-state index in [2.05, 4.69) is 22.4 Å². The largest absolute Gasteiger partial charge is 0.412 e. The van der Waals surface area contributed by atoms with Crippen LogP contribution in [0.4, 0.5) is 0 Å². The summed E-state index contributed by atoms with van der Waals surface area (Å²) in [5.74, 6) is 0. The van der Waals surface area contributed by atoms with Crippen molar-refractivity contribution < 1.29 is 5.48 Å². The molecule has 2 N–H and O–H groups in total. The first-order chi connectivity index (χ1) is 14.8. The third-order valence-corrected chi connectivity index (χ3v) is 5.30. The Hall–Kier alpha value is -3.97. The van der Waals surface area contributed by atoms with Crippen molar-refractivity contribution in [2.45, 2.75) is 19.6 Å². The molecule has 2 aromatic heterocycles. The highest BCUT2D eigenvalue weighted by molar-refractivity contribution is 5.76. The maximum Gasteiger partial charge on any atom is 0.329 e. The minimum absolute atomic E-state index is 0. The lowest BCUT2D eigenvalue weighted by Crippen LogP contribution is -2.26. The van der Waals surface area contributed by atoms with Gasteiger partial charge in [0.25, 0.3) is 0 Å². The lowest BCUT2D eigenvalue weighted by atomic mass is 10.2. The normalized spacial score (nSPS) is 10.8. The number of hydrogen-bond acceptors (Lipinski definition) is 3. The molecule has 5 rings (SSSR count). The van der Waals surface area contributed by atoms with Gasteiger partial charge in [0.15, 0.2) is 0 Å². The number of nitrogens with zero attached hydrogens (tertiary/aromatic N) is 5. The molecule has 0 fully saturated rings. The number of imidazole rings is 1. The minimum Gasteiger partial charge on any atom is -0.412 e. The molecule has 0 saturated heterocycles. The fourth-order valence-electron chi connectivity index (χ4n) is 3.80. The maximum atomic E-state index is 13.4. The molecule has 0 spiro atoms. The molecule has 0 unspecified atom stereocenters. The molecule has 0 saturated carbocycles. The number of rotatable bonds is 6. The van der Waals surface area contributed by atoms with Gasteiger partial charge in [-0.1, -0.05) is 78.0 Å². The summed E-state index contributed by atoms with van der Waals surface area (Å²) < 4.78 is 5.49. The molecule has 7 heteroatoms. The molecule has 3 aromatic carbocycles. The van der Waals surface area contributed by atoms with Gasteiger partial charge in [-0.05, 0) is 23.3 Å². The SMILES string of the molecule is O.O=c1n(Cc2ccccc2)c2ccccc2n1Cc1cnnn1Cc1ccccc1. The molecule has 0 atom stereocenters. The van der Waals surface area contributed by atoms with E-state index in [0.29, 0.717) is 19.6 Å². The average Bonchev–Trinajstić information content (AvgIpc) is 3.33. The van der Waals surface area contributed by atoms with Crippen LogP contribution in [-0.4, -0.2) is 29.6 Å². The van der Waals surface area contributed by atoms with Crippen molar-refractivity contribution in [3.05, 3.63) is 118 Å². The molecule has 2 heterocycles. The molecule has 0 aliphatic heterocycles. The quantitative estimate of drug-likeness (QED) is 0.429. The zero-order valence-electron chi connectivity index (χ0n) is 16.9. The summed E-state index contributed by atoms with van der Waals surface area (Å²) in [6, 6.07) is 28.1. The van der Waals surface area contributed by atoms with E-state index < -0.39 is 0 Å². The highest BCUT2D eigenvalue weighted by atomic mass is 16.1. The standard InChI is InChI=1S/C24H21N5O.H2O/c30-24-27(16-19-9-3-1-4-10-19)22-13-7-8-14-23(22)28(24)18-21-15-25-26-29(21)17-20-11-5-2-6-12-20;/h1-15H,16-18H2;1H2. The van der Waals surface area contributed by atoms with Crippen LogP contribution in [-0.2, 0) is 19.6 Å². The monoisotopic (exact) mass is 413 g/mol. The Kier molecular flexibility index (Phi) is 5.77. The van der Waals surface area contributed by atoms with E-state index in [-0.39, 0.29) is 11.2 Å². The van der Waals surface area contributed by atoms with Gasteiger partial charge in [-0.3, -0.25) is 9.13 Å². The van der Waals surface area contributed by atoms with Crippen LogP contribution in [0.2, 0.25) is 0 Å². The lowest BCUT2D eigenvalue weighted by molar-refractivity contribution is 0.593. The van der Waals surface area contributed by atoms with Gasteiger partial charge in [-0.2, -0.15) is 0 Å². The third-order valence-electron chi connectivity index (χ3n) is 5.30. The fraction of sp³-hybridized carbons (Fsp3) is 0.125. The van der Waals surface area contributed by atoms with Crippen LogP contribution in [0, 0.1) is 0 Å². The Morgan fingerprint density at radius 1 is 0.645 bits per heavy atom. The van der Waals surface area contributed by atoms with E-state index in [4.69, 9.17) is 0 Å². The summed E-state index contributed by atoms with van der Waals surface area (Å²) in [5.41, 5.74) is 4.93. The molecular formula is C24H23N5O2. The molecule has 5 aromatic rings. The highest BCUT2D eigenvalue weighted by Crippen LogP contribution is 2.16. The Morgan fingerprint density at radius 3 is 1.77 bits per heavy atom. The second-order valence-corrected chi connectivity index (χ2v) is 7.30. The van der Waals surface area contributed by atoms with Crippen LogP contribution in [0.1, 0.15) is 16.8 Å². The van der Waals surface area contributed by atoms with Crippen LogP contribution in [0.25, 0.3) is 11.0 Å². The lowest BCUT2D eigenvalue weighted by Gasteiger charge is -2.07. The van der Waals surface area contributed by atoms with Crippen molar-refractivity contribution in [1.29, 1.82) is 0 Å². The number of para-hydroxylation sites is 2. The van der Waals surface area contributed by atoms with Crippen molar-refractivity contribution in [1.82, 2.24) is 24.1 Å². The minimum atomic E-state index is -0.0347. The Labute approximate surface area is 179 Å². The summed E-state index contributed by atoms with van der Waals surface area (Å²) >= 11 is 0. The Bertz CT molecular complexity index is 1340. The summed E-state index contributed by atoms with van der Waals surface area (Å²) in [4.78, 5) is 13.4. The van der Waals surface area contributed by atoms with Gasteiger partial charge in [-0.15, -0.1) is 5.10 Å². The molecular weight excluding hydrogens is 390 g/mol. The van der Waals surface area contributed by atoms with E-state index in [1.807, 2.05) is 82.0 Å². The van der Waals surface area contributed by atoms with E-state index in [0.717, 1.165) is 27.9 Å². The molecule has 31 heavy (non-hydrogen) atoms. The fourth-order valence-corrected chi connectivity index (χ4v) is 3.80. The van der Waals surface area contributed by atoms with Gasteiger partial charge < -0.3 is 5.48 Å². The van der Waals surface area contributed by atoms with Crippen molar-refractivity contribution in [2.24, 2.45) is 0 Å². The second-order valence-electron chi connectivity index (χ2n) is 7.30. The topological polar surface area (TPSA) is 89.1 Å². The van der Waals surface area contributed by atoms with Crippen molar-refractivity contribution in [2.75, 3.05) is 0 Å². The first-order valence-corrected chi connectivity index (χ1v) is 9.93. The number of hydrogen-bond donors (Lipinski definition) is 0. The number of benzene rings is 3. The van der Waals surface area contributed by atoms with E-state index >= 15 is 0 Å². The number of aromatic nitrogens is 5. The first-order valence-electron chi connectivity index (χ1n) is 9.93. The molecule has 0 radical (unpaired) electrons. The van der Waals surface area contributed by atoms with Crippen LogP contribution in [0.15, 0.2) is 95.9 Å². The van der Waals surface area contributed by atoms with Crippen LogP contribution in [0.5, 0.6) is 0 Å². The third kappa shape index (κ3) is 4.04. The van der Waals surface area contributed by atoms with Gasteiger partial charge in [0, 0.05) is 0 Å². The second kappa shape index (κ2) is 8.81. The van der Waals surface area contributed by atoms with E-state index in [1.165, 1.54) is 0 Å². The molecule has 0 aliphatic carbocycles. The molecule has 0 bridgehead atoms. The van der Waals surface area contributed by atoms with Gasteiger partial charge in [0.2, 0.25) is 0 Å². The van der Waals surface area contributed by atoms with Gasteiger partial charge >= 0.3 is 5.69 Å². The summed E-state index contributed by atoms with van der Waals surface area (Å²) in [5, 5.41) is 8.33. The molecule has 0 amide bonds. The van der Waals surface area contributed by atoms with Crippen LogP contribution in [0.3, 0.4) is 0 Å². The van der Waals surface area contributed by atoms with Crippen molar-refractivity contribution >= 4 is 11.0 Å². The number of fused-ring (bicyclic) bond motifs is 1. The van der Waals surface area contributed by atoms with E-state index in [1.54, 1.807) is 10.8 Å². The first kappa shape index (κ1) is 20.3. The maximum absolute atomic E-state index is 13.4. The van der Waals surface area contributed by atoms with Gasteiger partial charge in [-0.25, -0.2) is 9.48 Å². The van der Waals surface area contributed by atoms with Crippen LogP contribution < -0.4 is 5.69 Å². The van der Waals surface area contributed by atoms with E-state index in [9.17, 15) is 4.79 Å². The molecule has 156 valence electrons. The zero-order valence-corrected chi connectivity index (χ0v) is 16.9. The summed E-state index contributed by atoms with van der Waals surface area (Å²) in [6.45, 7) is 1.57. The summed E-state index contributed by atoms with van der Waals surface area (Å²) in [7, 11) is 0. The summed E-state index contributed by atoms with van der Waals surface area (Å²) in [6.07, 6.45) is 1.73. The zero-order chi connectivity index (χ0) is 20.3. The predicted octanol–water partition coefficient (Wildman–Crippen LogP) is 2.71.